The largest absolute Gasteiger partial charge is 0.486 e. The van der Waals surface area contributed by atoms with Crippen LogP contribution >= 0.6 is 23.2 Å². The monoisotopic (exact) mass is 365 g/mol. The van der Waals surface area contributed by atoms with Crippen molar-refractivity contribution < 1.29 is 9.47 Å². The first kappa shape index (κ1) is 17.4. The van der Waals surface area contributed by atoms with Crippen molar-refractivity contribution in [1.82, 2.24) is 5.32 Å². The SMILES string of the molecule is CCC(C)NCC1COc2cccc(-c3ccc(Cl)cc3Cl)c2O1. The summed E-state index contributed by atoms with van der Waals surface area (Å²) in [4.78, 5) is 0. The van der Waals surface area contributed by atoms with Crippen LogP contribution in [0.3, 0.4) is 0 Å². The van der Waals surface area contributed by atoms with Gasteiger partial charge in [0, 0.05) is 28.7 Å². The number of halogens is 2. The normalized spacial score (nSPS) is 17.6. The van der Waals surface area contributed by atoms with Crippen molar-refractivity contribution in [3.05, 3.63) is 46.4 Å². The zero-order valence-corrected chi connectivity index (χ0v) is 15.3. The quantitative estimate of drug-likeness (QED) is 0.790. The molecule has 2 aromatic rings. The van der Waals surface area contributed by atoms with Gasteiger partial charge in [0.15, 0.2) is 11.5 Å². The fourth-order valence-corrected chi connectivity index (χ4v) is 3.14. The number of fused-ring (bicyclic) bond motifs is 1. The molecule has 0 fully saturated rings. The highest BCUT2D eigenvalue weighted by Crippen LogP contribution is 2.43. The average Bonchev–Trinajstić information content (AvgIpc) is 2.59. The summed E-state index contributed by atoms with van der Waals surface area (Å²) in [5, 5.41) is 4.67. The maximum absolute atomic E-state index is 6.37. The Kier molecular flexibility index (Phi) is 5.54. The number of nitrogens with one attached hydrogen (secondary N) is 1. The van der Waals surface area contributed by atoms with Gasteiger partial charge in [-0.15, -0.1) is 0 Å². The maximum atomic E-state index is 6.37. The highest BCUT2D eigenvalue weighted by molar-refractivity contribution is 6.36. The van der Waals surface area contributed by atoms with Crippen molar-refractivity contribution >= 4 is 23.2 Å². The Morgan fingerprint density at radius 3 is 2.79 bits per heavy atom. The molecule has 2 unspecified atom stereocenters. The predicted molar refractivity (Wildman–Crippen MR) is 99.6 cm³/mol. The molecular formula is C19H21Cl2NO2. The van der Waals surface area contributed by atoms with E-state index in [1.54, 1.807) is 6.07 Å². The van der Waals surface area contributed by atoms with Crippen LogP contribution in [0.25, 0.3) is 11.1 Å². The molecule has 0 saturated carbocycles. The number of rotatable bonds is 5. The highest BCUT2D eigenvalue weighted by Gasteiger charge is 2.25. The van der Waals surface area contributed by atoms with Crippen LogP contribution in [0.4, 0.5) is 0 Å². The summed E-state index contributed by atoms with van der Waals surface area (Å²) < 4.78 is 12.1. The fourth-order valence-electron chi connectivity index (χ4n) is 2.63. The second-order valence-electron chi connectivity index (χ2n) is 6.03. The minimum atomic E-state index is -0.0290. The lowest BCUT2D eigenvalue weighted by Crippen LogP contribution is -2.41. The third kappa shape index (κ3) is 3.80. The Morgan fingerprint density at radius 2 is 2.04 bits per heavy atom. The van der Waals surface area contributed by atoms with Crippen molar-refractivity contribution in [3.63, 3.8) is 0 Å². The van der Waals surface area contributed by atoms with Crippen molar-refractivity contribution in [2.45, 2.75) is 32.4 Å². The topological polar surface area (TPSA) is 30.5 Å². The lowest BCUT2D eigenvalue weighted by Gasteiger charge is -2.29. The van der Waals surface area contributed by atoms with Gasteiger partial charge in [0.1, 0.15) is 12.7 Å². The molecule has 0 amide bonds. The molecule has 0 radical (unpaired) electrons. The molecule has 2 aromatic carbocycles. The first-order valence-electron chi connectivity index (χ1n) is 8.19. The van der Waals surface area contributed by atoms with Gasteiger partial charge in [0.05, 0.1) is 5.02 Å². The van der Waals surface area contributed by atoms with Gasteiger partial charge in [-0.1, -0.05) is 48.3 Å². The lowest BCUT2D eigenvalue weighted by atomic mass is 10.0. The van der Waals surface area contributed by atoms with E-state index < -0.39 is 0 Å². The molecule has 1 heterocycles. The van der Waals surface area contributed by atoms with E-state index in [1.807, 2.05) is 30.3 Å². The Balaban J connectivity index is 1.87. The number of ether oxygens (including phenoxy) is 2. The van der Waals surface area contributed by atoms with Crippen LogP contribution in [0, 0.1) is 0 Å². The van der Waals surface area contributed by atoms with E-state index in [4.69, 9.17) is 32.7 Å². The Labute approximate surface area is 152 Å². The van der Waals surface area contributed by atoms with Crippen LogP contribution in [-0.4, -0.2) is 25.3 Å². The molecule has 5 heteroatoms. The standard InChI is InChI=1S/C19H21Cl2NO2/c1-3-12(2)22-10-14-11-23-18-6-4-5-16(19(18)24-14)15-8-7-13(20)9-17(15)21/h4-9,12,14,22H,3,10-11H2,1-2H3. The summed E-state index contributed by atoms with van der Waals surface area (Å²) in [7, 11) is 0. The van der Waals surface area contributed by atoms with Crippen LogP contribution in [0.15, 0.2) is 36.4 Å². The molecule has 2 atom stereocenters. The molecule has 128 valence electrons. The van der Waals surface area contributed by atoms with E-state index in [9.17, 15) is 0 Å². The van der Waals surface area contributed by atoms with Crippen LogP contribution < -0.4 is 14.8 Å². The van der Waals surface area contributed by atoms with Crippen LogP contribution in [0.2, 0.25) is 10.0 Å². The Hall–Kier alpha value is -1.42. The smallest absolute Gasteiger partial charge is 0.169 e. The third-order valence-corrected chi connectivity index (χ3v) is 4.76. The second-order valence-corrected chi connectivity index (χ2v) is 6.87. The van der Waals surface area contributed by atoms with E-state index in [-0.39, 0.29) is 6.10 Å². The van der Waals surface area contributed by atoms with Crippen LogP contribution in [0.1, 0.15) is 20.3 Å². The van der Waals surface area contributed by atoms with Gasteiger partial charge in [0.2, 0.25) is 0 Å². The van der Waals surface area contributed by atoms with Gasteiger partial charge in [-0.2, -0.15) is 0 Å². The summed E-state index contributed by atoms with van der Waals surface area (Å²) >= 11 is 12.4. The van der Waals surface area contributed by atoms with E-state index in [2.05, 4.69) is 19.2 Å². The van der Waals surface area contributed by atoms with Crippen molar-refractivity contribution in [2.24, 2.45) is 0 Å². The van der Waals surface area contributed by atoms with E-state index in [0.29, 0.717) is 22.7 Å². The molecular weight excluding hydrogens is 345 g/mol. The molecule has 0 aliphatic carbocycles. The number of hydrogen-bond acceptors (Lipinski definition) is 3. The minimum absolute atomic E-state index is 0.0290. The minimum Gasteiger partial charge on any atom is -0.486 e. The van der Waals surface area contributed by atoms with Crippen LogP contribution in [-0.2, 0) is 0 Å². The number of benzene rings is 2. The molecule has 24 heavy (non-hydrogen) atoms. The van der Waals surface area contributed by atoms with Gasteiger partial charge < -0.3 is 14.8 Å². The summed E-state index contributed by atoms with van der Waals surface area (Å²) in [5.41, 5.74) is 1.81. The molecule has 0 bridgehead atoms. The molecule has 3 nitrogen and oxygen atoms in total. The fraction of sp³-hybridized carbons (Fsp3) is 0.368. The summed E-state index contributed by atoms with van der Waals surface area (Å²) in [6.07, 6.45) is 1.05. The van der Waals surface area contributed by atoms with Crippen molar-refractivity contribution in [1.29, 1.82) is 0 Å². The van der Waals surface area contributed by atoms with Gasteiger partial charge in [-0.05, 0) is 31.5 Å². The molecule has 1 N–H and O–H groups in total. The molecule has 1 aliphatic heterocycles. The molecule has 0 spiro atoms. The summed E-state index contributed by atoms with van der Waals surface area (Å²) in [5.74, 6) is 1.49. The van der Waals surface area contributed by atoms with Gasteiger partial charge in [0.25, 0.3) is 0 Å². The van der Waals surface area contributed by atoms with Gasteiger partial charge in [-0.3, -0.25) is 0 Å². The van der Waals surface area contributed by atoms with E-state index in [0.717, 1.165) is 35.6 Å². The zero-order chi connectivity index (χ0) is 17.1. The van der Waals surface area contributed by atoms with Gasteiger partial charge >= 0.3 is 0 Å². The molecule has 1 aliphatic rings. The number of hydrogen-bond donors (Lipinski definition) is 1. The first-order valence-corrected chi connectivity index (χ1v) is 8.95. The Bertz CT molecular complexity index is 721. The average molecular weight is 366 g/mol. The molecule has 0 aromatic heterocycles. The van der Waals surface area contributed by atoms with Crippen molar-refractivity contribution in [3.8, 4) is 22.6 Å². The third-order valence-electron chi connectivity index (χ3n) is 4.22. The Morgan fingerprint density at radius 1 is 1.21 bits per heavy atom. The number of para-hydroxylation sites is 1. The summed E-state index contributed by atoms with van der Waals surface area (Å²) in [6, 6.07) is 11.8. The second kappa shape index (κ2) is 7.64. The van der Waals surface area contributed by atoms with Crippen LogP contribution in [0.5, 0.6) is 11.5 Å². The van der Waals surface area contributed by atoms with Gasteiger partial charge in [-0.25, -0.2) is 0 Å². The lowest BCUT2D eigenvalue weighted by molar-refractivity contribution is 0.0892. The summed E-state index contributed by atoms with van der Waals surface area (Å²) in [6.45, 7) is 5.60. The predicted octanol–water partition coefficient (Wildman–Crippen LogP) is 5.19. The van der Waals surface area contributed by atoms with E-state index in [1.165, 1.54) is 0 Å². The zero-order valence-electron chi connectivity index (χ0n) is 13.8. The molecule has 3 rings (SSSR count). The first-order chi connectivity index (χ1) is 11.6. The highest BCUT2D eigenvalue weighted by atomic mass is 35.5. The van der Waals surface area contributed by atoms with E-state index >= 15 is 0 Å². The molecule has 0 saturated heterocycles. The van der Waals surface area contributed by atoms with Crippen molar-refractivity contribution in [2.75, 3.05) is 13.2 Å². The maximum Gasteiger partial charge on any atom is 0.169 e.